The molecule has 1 saturated heterocycles. The van der Waals surface area contributed by atoms with Crippen LogP contribution in [0.25, 0.3) is 0 Å². The fourth-order valence-corrected chi connectivity index (χ4v) is 2.69. The van der Waals surface area contributed by atoms with E-state index in [4.69, 9.17) is 18.6 Å². The molecule has 1 aliphatic heterocycles. The van der Waals surface area contributed by atoms with Gasteiger partial charge in [-0.3, -0.25) is 9.80 Å². The van der Waals surface area contributed by atoms with E-state index in [1.807, 2.05) is 22.2 Å². The molecule has 108 valence electrons. The standard InChI is InChI=1S/C14H21N5S/c1-4-6-16-8-10-17(11-9-16)12-19-14(20)18(7-5-2)13(3)15-19/h1,5H,2,6-12H2,3H3. The van der Waals surface area contributed by atoms with Crippen LogP contribution in [0.4, 0.5) is 0 Å². The molecule has 0 spiro atoms. The number of hydrogen-bond donors (Lipinski definition) is 0. The molecule has 0 amide bonds. The van der Waals surface area contributed by atoms with Crippen molar-refractivity contribution < 1.29 is 0 Å². The van der Waals surface area contributed by atoms with Gasteiger partial charge in [0.15, 0.2) is 4.77 Å². The summed E-state index contributed by atoms with van der Waals surface area (Å²) in [6.45, 7) is 11.9. The largest absolute Gasteiger partial charge is 0.300 e. The minimum absolute atomic E-state index is 0.709. The van der Waals surface area contributed by atoms with Crippen LogP contribution in [0.3, 0.4) is 0 Å². The molecule has 0 atom stereocenters. The van der Waals surface area contributed by atoms with Gasteiger partial charge in [-0.2, -0.15) is 5.10 Å². The maximum atomic E-state index is 5.46. The van der Waals surface area contributed by atoms with Gasteiger partial charge in [-0.05, 0) is 19.1 Å². The molecule has 0 N–H and O–H groups in total. The third-order valence-electron chi connectivity index (χ3n) is 3.53. The minimum atomic E-state index is 0.709. The highest BCUT2D eigenvalue weighted by molar-refractivity contribution is 7.71. The maximum absolute atomic E-state index is 5.46. The van der Waals surface area contributed by atoms with E-state index in [1.165, 1.54) is 0 Å². The van der Waals surface area contributed by atoms with E-state index in [0.29, 0.717) is 6.54 Å². The molecule has 0 unspecified atom stereocenters. The number of nitrogens with zero attached hydrogens (tertiary/aromatic N) is 5. The van der Waals surface area contributed by atoms with Crippen LogP contribution in [0.15, 0.2) is 12.7 Å². The molecule has 0 bridgehead atoms. The number of piperazine rings is 1. The predicted molar refractivity (Wildman–Crippen MR) is 82.8 cm³/mol. The molecule has 6 heteroatoms. The summed E-state index contributed by atoms with van der Waals surface area (Å²) in [5, 5.41) is 4.52. The van der Waals surface area contributed by atoms with Crippen LogP contribution in [-0.4, -0.2) is 56.9 Å². The Bertz CT molecular complexity index is 557. The third-order valence-corrected chi connectivity index (χ3v) is 3.96. The Hall–Kier alpha value is -1.42. The zero-order valence-corrected chi connectivity index (χ0v) is 12.8. The Labute approximate surface area is 125 Å². The molecule has 0 saturated carbocycles. The Balaban J connectivity index is 1.98. The summed E-state index contributed by atoms with van der Waals surface area (Å²) in [6, 6.07) is 0. The number of aryl methyl sites for hydroxylation is 1. The highest BCUT2D eigenvalue weighted by Gasteiger charge is 2.17. The van der Waals surface area contributed by atoms with Crippen LogP contribution in [0.1, 0.15) is 5.82 Å². The number of hydrogen-bond acceptors (Lipinski definition) is 4. The van der Waals surface area contributed by atoms with E-state index in [0.717, 1.165) is 50.0 Å². The Kier molecular flexibility index (Phi) is 5.12. The van der Waals surface area contributed by atoms with Crippen molar-refractivity contribution in [3.8, 4) is 12.3 Å². The van der Waals surface area contributed by atoms with E-state index in [2.05, 4.69) is 27.4 Å². The first-order chi connectivity index (χ1) is 9.65. The van der Waals surface area contributed by atoms with Crippen molar-refractivity contribution in [3.63, 3.8) is 0 Å². The average molecular weight is 291 g/mol. The molecule has 2 heterocycles. The average Bonchev–Trinajstić information content (AvgIpc) is 2.69. The molecule has 0 aromatic carbocycles. The van der Waals surface area contributed by atoms with Crippen LogP contribution < -0.4 is 0 Å². The van der Waals surface area contributed by atoms with Gasteiger partial charge < -0.3 is 4.57 Å². The summed E-state index contributed by atoms with van der Waals surface area (Å²) in [5.74, 6) is 3.63. The number of allylic oxidation sites excluding steroid dienone is 1. The van der Waals surface area contributed by atoms with E-state index in [1.54, 1.807) is 0 Å². The lowest BCUT2D eigenvalue weighted by molar-refractivity contribution is 0.111. The quantitative estimate of drug-likeness (QED) is 0.462. The van der Waals surface area contributed by atoms with Crippen LogP contribution in [0, 0.1) is 24.0 Å². The molecule has 1 aromatic heterocycles. The van der Waals surface area contributed by atoms with Crippen molar-refractivity contribution in [2.75, 3.05) is 32.7 Å². The van der Waals surface area contributed by atoms with Crippen LogP contribution in [-0.2, 0) is 13.2 Å². The Morgan fingerprint density at radius 3 is 2.60 bits per heavy atom. The normalized spacial score (nSPS) is 17.0. The zero-order chi connectivity index (χ0) is 14.5. The monoisotopic (exact) mass is 291 g/mol. The van der Waals surface area contributed by atoms with E-state index < -0.39 is 0 Å². The molecular weight excluding hydrogens is 270 g/mol. The van der Waals surface area contributed by atoms with Gasteiger partial charge in [0, 0.05) is 32.7 Å². The van der Waals surface area contributed by atoms with Crippen LogP contribution in [0.5, 0.6) is 0 Å². The first kappa shape index (κ1) is 15.0. The predicted octanol–water partition coefficient (Wildman–Crippen LogP) is 1.12. The van der Waals surface area contributed by atoms with Gasteiger partial charge in [0.25, 0.3) is 0 Å². The van der Waals surface area contributed by atoms with Gasteiger partial charge in [0.2, 0.25) is 0 Å². The summed E-state index contributed by atoms with van der Waals surface area (Å²) in [7, 11) is 0. The number of rotatable bonds is 5. The van der Waals surface area contributed by atoms with Gasteiger partial charge in [-0.1, -0.05) is 12.0 Å². The topological polar surface area (TPSA) is 29.2 Å². The molecule has 0 radical (unpaired) electrons. The van der Waals surface area contributed by atoms with Crippen molar-refractivity contribution in [1.82, 2.24) is 24.1 Å². The Morgan fingerprint density at radius 2 is 2.00 bits per heavy atom. The summed E-state index contributed by atoms with van der Waals surface area (Å²) < 4.78 is 4.65. The van der Waals surface area contributed by atoms with Crippen molar-refractivity contribution in [1.29, 1.82) is 0 Å². The molecule has 1 aromatic rings. The molecule has 2 rings (SSSR count). The van der Waals surface area contributed by atoms with Crippen LogP contribution in [0.2, 0.25) is 0 Å². The SMILES string of the molecule is C#CCN1CCN(Cn2nc(C)n(CC=C)c2=S)CC1. The maximum Gasteiger partial charge on any atom is 0.199 e. The molecule has 1 fully saturated rings. The van der Waals surface area contributed by atoms with Gasteiger partial charge in [-0.25, -0.2) is 4.68 Å². The lowest BCUT2D eigenvalue weighted by Crippen LogP contribution is -2.46. The van der Waals surface area contributed by atoms with Crippen molar-refractivity contribution in [3.05, 3.63) is 23.3 Å². The third kappa shape index (κ3) is 3.37. The Morgan fingerprint density at radius 1 is 1.35 bits per heavy atom. The minimum Gasteiger partial charge on any atom is -0.300 e. The highest BCUT2D eigenvalue weighted by atomic mass is 32.1. The van der Waals surface area contributed by atoms with Crippen LogP contribution >= 0.6 is 12.2 Å². The number of aromatic nitrogens is 3. The fraction of sp³-hybridized carbons (Fsp3) is 0.571. The van der Waals surface area contributed by atoms with Gasteiger partial charge in [-0.15, -0.1) is 13.0 Å². The smallest absolute Gasteiger partial charge is 0.199 e. The summed E-state index contributed by atoms with van der Waals surface area (Å²) in [4.78, 5) is 4.64. The fourth-order valence-electron chi connectivity index (χ4n) is 2.39. The van der Waals surface area contributed by atoms with Gasteiger partial charge in [0.05, 0.1) is 13.2 Å². The summed E-state index contributed by atoms with van der Waals surface area (Å²) in [6.07, 6.45) is 7.18. The second-order valence-electron chi connectivity index (χ2n) is 4.97. The van der Waals surface area contributed by atoms with Crippen molar-refractivity contribution in [2.45, 2.75) is 20.1 Å². The van der Waals surface area contributed by atoms with Crippen molar-refractivity contribution in [2.24, 2.45) is 0 Å². The van der Waals surface area contributed by atoms with E-state index in [9.17, 15) is 0 Å². The van der Waals surface area contributed by atoms with Crippen molar-refractivity contribution >= 4 is 12.2 Å². The first-order valence-electron chi connectivity index (χ1n) is 6.79. The van der Waals surface area contributed by atoms with E-state index in [-0.39, 0.29) is 0 Å². The second kappa shape index (κ2) is 6.84. The zero-order valence-electron chi connectivity index (χ0n) is 12.0. The highest BCUT2D eigenvalue weighted by Crippen LogP contribution is 2.06. The molecule has 1 aliphatic rings. The van der Waals surface area contributed by atoms with Gasteiger partial charge >= 0.3 is 0 Å². The lowest BCUT2D eigenvalue weighted by atomic mass is 10.3. The van der Waals surface area contributed by atoms with E-state index >= 15 is 0 Å². The molecule has 20 heavy (non-hydrogen) atoms. The molecule has 0 aliphatic carbocycles. The lowest BCUT2D eigenvalue weighted by Gasteiger charge is -2.33. The summed E-state index contributed by atoms with van der Waals surface area (Å²) in [5.41, 5.74) is 0. The molecule has 5 nitrogen and oxygen atoms in total. The first-order valence-corrected chi connectivity index (χ1v) is 7.20. The molecular formula is C14H21N5S. The second-order valence-corrected chi connectivity index (χ2v) is 5.33. The summed E-state index contributed by atoms with van der Waals surface area (Å²) >= 11 is 5.46. The number of terminal acetylenes is 1. The van der Waals surface area contributed by atoms with Gasteiger partial charge in [0.1, 0.15) is 5.82 Å².